The lowest BCUT2D eigenvalue weighted by Gasteiger charge is -2.18. The maximum atomic E-state index is 11.7. The summed E-state index contributed by atoms with van der Waals surface area (Å²) in [4.78, 5) is 45.9. The Morgan fingerprint density at radius 2 is 1.69 bits per heavy atom. The van der Waals surface area contributed by atoms with Gasteiger partial charge in [0.1, 0.15) is 11.4 Å². The van der Waals surface area contributed by atoms with E-state index < -0.39 is 22.9 Å². The van der Waals surface area contributed by atoms with Crippen molar-refractivity contribution in [2.24, 2.45) is 14.1 Å². The first-order chi connectivity index (χ1) is 7.43. The molecule has 0 spiro atoms. The lowest BCUT2D eigenvalue weighted by molar-refractivity contribution is -0.115. The van der Waals surface area contributed by atoms with Crippen molar-refractivity contribution in [1.29, 1.82) is 0 Å². The third-order valence-corrected chi connectivity index (χ3v) is 2.51. The molecule has 0 fully saturated rings. The van der Waals surface area contributed by atoms with Gasteiger partial charge < -0.3 is 5.32 Å². The Kier molecular flexibility index (Phi) is 2.04. The summed E-state index contributed by atoms with van der Waals surface area (Å²) < 4.78 is 1.91. The van der Waals surface area contributed by atoms with Crippen LogP contribution in [0.15, 0.2) is 9.59 Å². The van der Waals surface area contributed by atoms with Gasteiger partial charge in [0.15, 0.2) is 5.78 Å². The zero-order valence-corrected chi connectivity index (χ0v) is 8.73. The van der Waals surface area contributed by atoms with E-state index in [-0.39, 0.29) is 17.8 Å². The van der Waals surface area contributed by atoms with Crippen LogP contribution >= 0.6 is 0 Å². The fourth-order valence-corrected chi connectivity index (χ4v) is 1.70. The average Bonchev–Trinajstić information content (AvgIpc) is 2.22. The van der Waals surface area contributed by atoms with Crippen molar-refractivity contribution in [3.63, 3.8) is 0 Å². The van der Waals surface area contributed by atoms with Gasteiger partial charge in [0.25, 0.3) is 5.56 Å². The van der Waals surface area contributed by atoms with E-state index in [0.29, 0.717) is 0 Å². The van der Waals surface area contributed by atoms with E-state index in [4.69, 9.17) is 0 Å². The lowest BCUT2D eigenvalue weighted by atomic mass is 10.1. The van der Waals surface area contributed by atoms with Gasteiger partial charge in [-0.3, -0.25) is 23.5 Å². The second kappa shape index (κ2) is 3.16. The molecule has 7 heteroatoms. The summed E-state index contributed by atoms with van der Waals surface area (Å²) in [6.45, 7) is 0. The molecule has 1 aromatic rings. The molecule has 0 saturated carbocycles. The van der Waals surface area contributed by atoms with E-state index >= 15 is 0 Å². The molecule has 1 aliphatic heterocycles. The summed E-state index contributed by atoms with van der Waals surface area (Å²) in [5.74, 6) is -1.05. The number of nitrogens with zero attached hydrogens (tertiary/aromatic N) is 2. The fourth-order valence-electron chi connectivity index (χ4n) is 1.70. The second-order valence-corrected chi connectivity index (χ2v) is 3.58. The molecule has 84 valence electrons. The number of ketones is 1. The SMILES string of the molecule is Cn1c2c(c(=O)n(C)c1=O)NC(=O)CC2=O. The van der Waals surface area contributed by atoms with Crippen molar-refractivity contribution in [3.8, 4) is 0 Å². The van der Waals surface area contributed by atoms with Crippen LogP contribution in [0.2, 0.25) is 0 Å². The van der Waals surface area contributed by atoms with Gasteiger partial charge in [-0.05, 0) is 0 Å². The molecule has 1 aromatic heterocycles. The first kappa shape index (κ1) is 10.3. The minimum atomic E-state index is -0.667. The van der Waals surface area contributed by atoms with Crippen molar-refractivity contribution in [3.05, 3.63) is 26.5 Å². The van der Waals surface area contributed by atoms with Crippen LogP contribution in [0.5, 0.6) is 0 Å². The molecule has 0 saturated heterocycles. The molecule has 0 aliphatic carbocycles. The normalized spacial score (nSPS) is 14.6. The quantitative estimate of drug-likeness (QED) is 0.548. The smallest absolute Gasteiger partial charge is 0.319 e. The van der Waals surface area contributed by atoms with Crippen molar-refractivity contribution in [2.45, 2.75) is 6.42 Å². The topological polar surface area (TPSA) is 90.2 Å². The second-order valence-electron chi connectivity index (χ2n) is 3.58. The standard InChI is InChI=1S/C9H9N3O4/c1-11-7-4(13)3-5(14)10-6(7)8(15)12(2)9(11)16/h3H2,1-2H3,(H,10,14). The Balaban J connectivity index is 2.93. The number of amides is 1. The van der Waals surface area contributed by atoms with Gasteiger partial charge in [-0.2, -0.15) is 0 Å². The van der Waals surface area contributed by atoms with Crippen LogP contribution in [0.3, 0.4) is 0 Å². The number of carbonyl (C=O) groups excluding carboxylic acids is 2. The van der Waals surface area contributed by atoms with Crippen molar-refractivity contribution >= 4 is 17.4 Å². The summed E-state index contributed by atoms with van der Waals surface area (Å²) >= 11 is 0. The minimum absolute atomic E-state index is 0.0345. The fraction of sp³-hybridized carbons (Fsp3) is 0.333. The number of hydrogen-bond donors (Lipinski definition) is 1. The van der Waals surface area contributed by atoms with Crippen molar-refractivity contribution in [1.82, 2.24) is 9.13 Å². The monoisotopic (exact) mass is 223 g/mol. The molecular weight excluding hydrogens is 214 g/mol. The van der Waals surface area contributed by atoms with E-state index in [0.717, 1.165) is 9.13 Å². The summed E-state index contributed by atoms with van der Waals surface area (Å²) in [6.07, 6.45) is -0.340. The number of carbonyl (C=O) groups is 2. The van der Waals surface area contributed by atoms with Crippen LogP contribution in [0.25, 0.3) is 0 Å². The first-order valence-corrected chi connectivity index (χ1v) is 4.56. The molecule has 0 bridgehead atoms. The summed E-state index contributed by atoms with van der Waals surface area (Å²) in [7, 11) is 2.67. The first-order valence-electron chi connectivity index (χ1n) is 4.56. The number of nitrogens with one attached hydrogen (secondary N) is 1. The molecule has 0 atom stereocenters. The van der Waals surface area contributed by atoms with Crippen molar-refractivity contribution < 1.29 is 9.59 Å². The van der Waals surface area contributed by atoms with Gasteiger partial charge >= 0.3 is 5.69 Å². The van der Waals surface area contributed by atoms with E-state index in [2.05, 4.69) is 5.32 Å². The molecular formula is C9H9N3O4. The molecule has 16 heavy (non-hydrogen) atoms. The van der Waals surface area contributed by atoms with Gasteiger partial charge in [-0.15, -0.1) is 0 Å². The number of fused-ring (bicyclic) bond motifs is 1. The van der Waals surface area contributed by atoms with Gasteiger partial charge in [-0.25, -0.2) is 4.79 Å². The highest BCUT2D eigenvalue weighted by Crippen LogP contribution is 2.15. The van der Waals surface area contributed by atoms with Crippen LogP contribution in [0.1, 0.15) is 16.9 Å². The maximum absolute atomic E-state index is 11.7. The summed E-state index contributed by atoms with van der Waals surface area (Å²) in [5, 5.41) is 2.31. The van der Waals surface area contributed by atoms with E-state index in [1.54, 1.807) is 0 Å². The average molecular weight is 223 g/mol. The van der Waals surface area contributed by atoms with Crippen LogP contribution in [0.4, 0.5) is 5.69 Å². The Morgan fingerprint density at radius 3 is 2.31 bits per heavy atom. The Hall–Kier alpha value is -2.18. The molecule has 1 aliphatic rings. The van der Waals surface area contributed by atoms with E-state index in [1.807, 2.05) is 0 Å². The van der Waals surface area contributed by atoms with E-state index in [9.17, 15) is 19.2 Å². The van der Waals surface area contributed by atoms with Crippen molar-refractivity contribution in [2.75, 3.05) is 5.32 Å². The highest BCUT2D eigenvalue weighted by Gasteiger charge is 2.28. The van der Waals surface area contributed by atoms with Gasteiger partial charge in [-0.1, -0.05) is 0 Å². The highest BCUT2D eigenvalue weighted by atomic mass is 16.2. The number of rotatable bonds is 0. The Labute approximate surface area is 89.3 Å². The van der Waals surface area contributed by atoms with Gasteiger partial charge in [0, 0.05) is 14.1 Å². The van der Waals surface area contributed by atoms with Crippen LogP contribution in [-0.4, -0.2) is 20.8 Å². The molecule has 2 rings (SSSR count). The molecule has 0 radical (unpaired) electrons. The van der Waals surface area contributed by atoms with Gasteiger partial charge in [0.2, 0.25) is 5.91 Å². The number of anilines is 1. The largest absolute Gasteiger partial charge is 0.331 e. The maximum Gasteiger partial charge on any atom is 0.331 e. The molecule has 1 N–H and O–H groups in total. The third-order valence-electron chi connectivity index (χ3n) is 2.51. The highest BCUT2D eigenvalue weighted by molar-refractivity contribution is 6.17. The Bertz CT molecular complexity index is 623. The van der Waals surface area contributed by atoms with Crippen LogP contribution in [-0.2, 0) is 18.9 Å². The van der Waals surface area contributed by atoms with Crippen LogP contribution in [0, 0.1) is 0 Å². The molecule has 7 nitrogen and oxygen atoms in total. The summed E-state index contributed by atoms with van der Waals surface area (Å²) in [6, 6.07) is 0. The predicted octanol–water partition coefficient (Wildman–Crippen LogP) is -1.39. The Morgan fingerprint density at radius 1 is 1.06 bits per heavy atom. The number of Topliss-reactive ketones (excluding diaryl/α,β-unsaturated/α-hetero) is 1. The molecule has 2 heterocycles. The summed E-state index contributed by atoms with van der Waals surface area (Å²) in [5.41, 5.74) is -1.41. The molecule has 0 aromatic carbocycles. The molecule has 0 unspecified atom stereocenters. The van der Waals surface area contributed by atoms with Gasteiger partial charge in [0.05, 0.1) is 6.42 Å². The third kappa shape index (κ3) is 1.21. The minimum Gasteiger partial charge on any atom is -0.319 e. The van der Waals surface area contributed by atoms with E-state index in [1.165, 1.54) is 14.1 Å². The number of hydrogen-bond acceptors (Lipinski definition) is 4. The lowest BCUT2D eigenvalue weighted by Crippen LogP contribution is -2.44. The number of aromatic nitrogens is 2. The predicted molar refractivity (Wildman–Crippen MR) is 54.5 cm³/mol. The zero-order valence-electron chi connectivity index (χ0n) is 8.73. The van der Waals surface area contributed by atoms with Crippen LogP contribution < -0.4 is 16.6 Å². The zero-order chi connectivity index (χ0) is 12.0. The molecule has 1 amide bonds.